The number of carbonyl (C=O) groups excluding carboxylic acids is 2. The number of nitrogens with one attached hydrogen (secondary N) is 1. The Bertz CT molecular complexity index is 465. The van der Waals surface area contributed by atoms with Crippen molar-refractivity contribution in [3.8, 4) is 0 Å². The van der Waals surface area contributed by atoms with Gasteiger partial charge < -0.3 is 15.0 Å². The van der Waals surface area contributed by atoms with Gasteiger partial charge >= 0.3 is 0 Å². The summed E-state index contributed by atoms with van der Waals surface area (Å²) in [6.07, 6.45) is 0.731. The average molecular weight is 299 g/mol. The zero-order valence-corrected chi connectivity index (χ0v) is 12.4. The summed E-state index contributed by atoms with van der Waals surface area (Å²) < 4.78 is 4.89. The van der Waals surface area contributed by atoms with Crippen molar-refractivity contribution in [1.82, 2.24) is 5.32 Å². The molecule has 0 saturated heterocycles. The standard InChI is InChI=1S/C14H19ClN2O3/c1-11(18)17(13-7-4-3-6-12(13)15)10-14(19)16-8-5-9-20-2/h3-4,6-7H,5,8-10H2,1-2H3,(H,16,19). The number of rotatable bonds is 7. The maximum absolute atomic E-state index is 11.8. The molecule has 0 spiro atoms. The van der Waals surface area contributed by atoms with E-state index in [0.717, 1.165) is 6.42 Å². The van der Waals surface area contributed by atoms with E-state index in [2.05, 4.69) is 5.32 Å². The Labute approximate surface area is 123 Å². The van der Waals surface area contributed by atoms with E-state index in [4.69, 9.17) is 16.3 Å². The number of benzene rings is 1. The van der Waals surface area contributed by atoms with E-state index in [0.29, 0.717) is 23.9 Å². The van der Waals surface area contributed by atoms with Crippen LogP contribution in [-0.2, 0) is 14.3 Å². The van der Waals surface area contributed by atoms with Gasteiger partial charge in [0.15, 0.2) is 0 Å². The monoisotopic (exact) mass is 298 g/mol. The van der Waals surface area contributed by atoms with Gasteiger partial charge in [0.1, 0.15) is 6.54 Å². The number of amides is 2. The van der Waals surface area contributed by atoms with Crippen LogP contribution in [0.5, 0.6) is 0 Å². The Morgan fingerprint density at radius 3 is 2.65 bits per heavy atom. The first-order valence-electron chi connectivity index (χ1n) is 6.34. The van der Waals surface area contributed by atoms with E-state index in [1.807, 2.05) is 0 Å². The highest BCUT2D eigenvalue weighted by molar-refractivity contribution is 6.33. The molecule has 0 radical (unpaired) electrons. The second-order valence-corrected chi connectivity index (χ2v) is 4.66. The fourth-order valence-electron chi connectivity index (χ4n) is 1.68. The molecule has 1 N–H and O–H groups in total. The van der Waals surface area contributed by atoms with Gasteiger partial charge in [0, 0.05) is 27.2 Å². The van der Waals surface area contributed by atoms with Gasteiger partial charge in [-0.25, -0.2) is 0 Å². The number of halogens is 1. The van der Waals surface area contributed by atoms with Crippen molar-refractivity contribution in [3.05, 3.63) is 29.3 Å². The lowest BCUT2D eigenvalue weighted by atomic mass is 10.2. The highest BCUT2D eigenvalue weighted by atomic mass is 35.5. The Morgan fingerprint density at radius 1 is 1.35 bits per heavy atom. The van der Waals surface area contributed by atoms with Crippen molar-refractivity contribution in [2.45, 2.75) is 13.3 Å². The van der Waals surface area contributed by atoms with Gasteiger partial charge in [-0.05, 0) is 18.6 Å². The van der Waals surface area contributed by atoms with Gasteiger partial charge in [0.2, 0.25) is 11.8 Å². The highest BCUT2D eigenvalue weighted by Crippen LogP contribution is 2.24. The van der Waals surface area contributed by atoms with Gasteiger partial charge in [-0.1, -0.05) is 23.7 Å². The smallest absolute Gasteiger partial charge is 0.240 e. The fourth-order valence-corrected chi connectivity index (χ4v) is 1.92. The van der Waals surface area contributed by atoms with Gasteiger partial charge in [0.25, 0.3) is 0 Å². The molecule has 1 rings (SSSR count). The lowest BCUT2D eigenvalue weighted by Gasteiger charge is -2.21. The second kappa shape index (κ2) is 8.55. The molecule has 0 aliphatic carbocycles. The molecule has 0 atom stereocenters. The predicted molar refractivity (Wildman–Crippen MR) is 79.0 cm³/mol. The number of methoxy groups -OCH3 is 1. The number of para-hydroxylation sites is 1. The van der Waals surface area contributed by atoms with Crippen LogP contribution in [0.1, 0.15) is 13.3 Å². The minimum absolute atomic E-state index is 0.0496. The fraction of sp³-hybridized carbons (Fsp3) is 0.429. The van der Waals surface area contributed by atoms with E-state index in [1.54, 1.807) is 31.4 Å². The average Bonchev–Trinajstić information content (AvgIpc) is 2.42. The molecule has 0 heterocycles. The Kier molecular flexibility index (Phi) is 7.04. The van der Waals surface area contributed by atoms with Crippen LogP contribution in [0, 0.1) is 0 Å². The van der Waals surface area contributed by atoms with Crippen LogP contribution >= 0.6 is 11.6 Å². The Hall–Kier alpha value is -1.59. The number of hydrogen-bond donors (Lipinski definition) is 1. The molecule has 0 aromatic heterocycles. The van der Waals surface area contributed by atoms with Gasteiger partial charge in [0.05, 0.1) is 10.7 Å². The summed E-state index contributed by atoms with van der Waals surface area (Å²) in [5.41, 5.74) is 0.536. The third kappa shape index (κ3) is 5.19. The topological polar surface area (TPSA) is 58.6 Å². The molecule has 2 amide bonds. The normalized spacial score (nSPS) is 10.2. The molecule has 1 aromatic carbocycles. The summed E-state index contributed by atoms with van der Waals surface area (Å²) in [4.78, 5) is 24.8. The summed E-state index contributed by atoms with van der Waals surface area (Å²) in [5.74, 6) is -0.457. The molecular weight excluding hydrogens is 280 g/mol. The van der Waals surface area contributed by atoms with Crippen LogP contribution in [0.2, 0.25) is 5.02 Å². The van der Waals surface area contributed by atoms with Crippen molar-refractivity contribution in [2.75, 3.05) is 31.7 Å². The molecule has 0 aliphatic rings. The molecule has 5 nitrogen and oxygen atoms in total. The summed E-state index contributed by atoms with van der Waals surface area (Å²) in [6, 6.07) is 6.94. The summed E-state index contributed by atoms with van der Waals surface area (Å²) in [5, 5.41) is 3.18. The predicted octanol–water partition coefficient (Wildman–Crippen LogP) is 1.85. The minimum atomic E-state index is -0.231. The first kappa shape index (κ1) is 16.5. The van der Waals surface area contributed by atoms with E-state index in [1.165, 1.54) is 11.8 Å². The van der Waals surface area contributed by atoms with Crippen LogP contribution in [0.15, 0.2) is 24.3 Å². The van der Waals surface area contributed by atoms with Gasteiger partial charge in [-0.3, -0.25) is 9.59 Å². The highest BCUT2D eigenvalue weighted by Gasteiger charge is 2.17. The summed E-state index contributed by atoms with van der Waals surface area (Å²) >= 11 is 6.05. The molecule has 6 heteroatoms. The van der Waals surface area contributed by atoms with Crippen LogP contribution in [0.4, 0.5) is 5.69 Å². The van der Waals surface area contributed by atoms with Crippen LogP contribution in [0.3, 0.4) is 0 Å². The first-order valence-corrected chi connectivity index (χ1v) is 6.72. The third-order valence-corrected chi connectivity index (χ3v) is 2.99. The van der Waals surface area contributed by atoms with E-state index < -0.39 is 0 Å². The van der Waals surface area contributed by atoms with Gasteiger partial charge in [-0.15, -0.1) is 0 Å². The molecule has 0 saturated carbocycles. The van der Waals surface area contributed by atoms with Crippen molar-refractivity contribution in [1.29, 1.82) is 0 Å². The van der Waals surface area contributed by atoms with Crippen LogP contribution in [0.25, 0.3) is 0 Å². The van der Waals surface area contributed by atoms with Crippen molar-refractivity contribution in [3.63, 3.8) is 0 Å². The molecule has 0 bridgehead atoms. The van der Waals surface area contributed by atoms with Crippen molar-refractivity contribution < 1.29 is 14.3 Å². The van der Waals surface area contributed by atoms with E-state index in [-0.39, 0.29) is 18.4 Å². The van der Waals surface area contributed by atoms with E-state index in [9.17, 15) is 9.59 Å². The molecule has 0 aliphatic heterocycles. The Morgan fingerprint density at radius 2 is 2.05 bits per heavy atom. The first-order chi connectivity index (χ1) is 9.56. The Balaban J connectivity index is 2.62. The molecular formula is C14H19ClN2O3. The lowest BCUT2D eigenvalue weighted by Crippen LogP contribution is -2.40. The van der Waals surface area contributed by atoms with Gasteiger partial charge in [-0.2, -0.15) is 0 Å². The van der Waals surface area contributed by atoms with Crippen molar-refractivity contribution >= 4 is 29.1 Å². The summed E-state index contributed by atoms with van der Waals surface area (Å²) in [6.45, 7) is 2.45. The number of anilines is 1. The van der Waals surface area contributed by atoms with Crippen molar-refractivity contribution in [2.24, 2.45) is 0 Å². The molecule has 110 valence electrons. The number of hydrogen-bond acceptors (Lipinski definition) is 3. The zero-order chi connectivity index (χ0) is 15.0. The van der Waals surface area contributed by atoms with Crippen LogP contribution < -0.4 is 10.2 Å². The largest absolute Gasteiger partial charge is 0.385 e. The quantitative estimate of drug-likeness (QED) is 0.782. The van der Waals surface area contributed by atoms with E-state index >= 15 is 0 Å². The number of ether oxygens (including phenoxy) is 1. The number of carbonyl (C=O) groups is 2. The molecule has 1 aromatic rings. The maximum atomic E-state index is 11.8. The van der Waals surface area contributed by atoms with Crippen LogP contribution in [-0.4, -0.2) is 38.6 Å². The molecule has 0 unspecified atom stereocenters. The maximum Gasteiger partial charge on any atom is 0.240 e. The molecule has 0 fully saturated rings. The zero-order valence-electron chi connectivity index (χ0n) is 11.7. The second-order valence-electron chi connectivity index (χ2n) is 4.25. The minimum Gasteiger partial charge on any atom is -0.385 e. The molecule has 20 heavy (non-hydrogen) atoms. The lowest BCUT2D eigenvalue weighted by molar-refractivity contribution is -0.123. The number of nitrogens with zero attached hydrogens (tertiary/aromatic N) is 1. The third-order valence-electron chi connectivity index (χ3n) is 2.67. The summed E-state index contributed by atoms with van der Waals surface area (Å²) in [7, 11) is 1.61. The SMILES string of the molecule is COCCCNC(=O)CN(C(C)=O)c1ccccc1Cl.